The SMILES string of the molecule is CN1C(=O)c2ccccc2N(N=O)c2ccccc21. The third-order valence-corrected chi connectivity index (χ3v) is 3.22. The number of carbonyl (C=O) groups excluding carboxylic acids is 1. The van der Waals surface area contributed by atoms with Crippen molar-refractivity contribution in [2.45, 2.75) is 0 Å². The first kappa shape index (κ1) is 11.4. The van der Waals surface area contributed by atoms with Crippen molar-refractivity contribution in [1.82, 2.24) is 0 Å². The van der Waals surface area contributed by atoms with Gasteiger partial charge >= 0.3 is 0 Å². The number of hydrogen-bond acceptors (Lipinski definition) is 3. The van der Waals surface area contributed by atoms with Crippen LogP contribution < -0.4 is 9.91 Å². The molecular weight excluding hydrogens is 242 g/mol. The Kier molecular flexibility index (Phi) is 2.52. The fourth-order valence-electron chi connectivity index (χ4n) is 2.27. The van der Waals surface area contributed by atoms with Crippen LogP contribution in [0.3, 0.4) is 0 Å². The zero-order valence-corrected chi connectivity index (χ0v) is 10.3. The van der Waals surface area contributed by atoms with Crippen molar-refractivity contribution in [2.24, 2.45) is 5.29 Å². The molecule has 1 aliphatic heterocycles. The van der Waals surface area contributed by atoms with Crippen molar-refractivity contribution in [2.75, 3.05) is 17.0 Å². The molecule has 94 valence electrons. The average Bonchev–Trinajstić information content (AvgIpc) is 2.55. The highest BCUT2D eigenvalue weighted by molar-refractivity contribution is 6.13. The molecule has 0 fully saturated rings. The summed E-state index contributed by atoms with van der Waals surface area (Å²) in [7, 11) is 1.69. The van der Waals surface area contributed by atoms with Crippen molar-refractivity contribution >= 4 is 23.0 Å². The van der Waals surface area contributed by atoms with Crippen molar-refractivity contribution in [3.05, 3.63) is 59.0 Å². The molecule has 0 N–H and O–H groups in total. The fraction of sp³-hybridized carbons (Fsp3) is 0.0714. The maximum atomic E-state index is 12.4. The van der Waals surface area contributed by atoms with Crippen LogP contribution in [0, 0.1) is 4.91 Å². The number of benzene rings is 2. The monoisotopic (exact) mass is 253 g/mol. The van der Waals surface area contributed by atoms with Crippen LogP contribution in [0.5, 0.6) is 0 Å². The van der Waals surface area contributed by atoms with Gasteiger partial charge in [-0.3, -0.25) is 4.79 Å². The van der Waals surface area contributed by atoms with Gasteiger partial charge in [-0.2, -0.15) is 5.01 Å². The fourth-order valence-corrected chi connectivity index (χ4v) is 2.27. The van der Waals surface area contributed by atoms with E-state index in [4.69, 9.17) is 0 Å². The molecule has 0 aliphatic carbocycles. The van der Waals surface area contributed by atoms with E-state index in [1.165, 1.54) is 9.91 Å². The Bertz CT molecular complexity index is 669. The van der Waals surface area contributed by atoms with Crippen LogP contribution in [-0.4, -0.2) is 13.0 Å². The van der Waals surface area contributed by atoms with E-state index in [0.29, 0.717) is 22.6 Å². The van der Waals surface area contributed by atoms with Crippen molar-refractivity contribution < 1.29 is 4.79 Å². The van der Waals surface area contributed by atoms with Gasteiger partial charge in [0.2, 0.25) is 0 Å². The molecule has 19 heavy (non-hydrogen) atoms. The zero-order chi connectivity index (χ0) is 13.4. The topological polar surface area (TPSA) is 53.0 Å². The molecule has 1 amide bonds. The number of carbonyl (C=O) groups is 1. The number of nitrogens with zero attached hydrogens (tertiary/aromatic N) is 3. The van der Waals surface area contributed by atoms with Crippen LogP contribution in [0.15, 0.2) is 53.8 Å². The Hall–Kier alpha value is -2.69. The lowest BCUT2D eigenvalue weighted by Crippen LogP contribution is -2.25. The maximum absolute atomic E-state index is 12.4. The minimum absolute atomic E-state index is 0.158. The van der Waals surface area contributed by atoms with Crippen molar-refractivity contribution in [3.63, 3.8) is 0 Å². The minimum Gasteiger partial charge on any atom is -0.309 e. The molecule has 5 heteroatoms. The molecule has 2 aromatic carbocycles. The molecule has 0 atom stereocenters. The lowest BCUT2D eigenvalue weighted by molar-refractivity contribution is 0.0994. The summed E-state index contributed by atoms with van der Waals surface area (Å²) in [4.78, 5) is 25.1. The first-order valence-electron chi connectivity index (χ1n) is 5.83. The van der Waals surface area contributed by atoms with Gasteiger partial charge in [0.25, 0.3) is 5.91 Å². The summed E-state index contributed by atoms with van der Waals surface area (Å²) >= 11 is 0. The van der Waals surface area contributed by atoms with Gasteiger partial charge in [0.1, 0.15) is 0 Å². The maximum Gasteiger partial charge on any atom is 0.260 e. The molecule has 0 radical (unpaired) electrons. The largest absolute Gasteiger partial charge is 0.309 e. The molecular formula is C14H11N3O2. The minimum atomic E-state index is -0.158. The smallest absolute Gasteiger partial charge is 0.260 e. The third kappa shape index (κ3) is 1.59. The van der Waals surface area contributed by atoms with Gasteiger partial charge in [0, 0.05) is 7.05 Å². The number of anilines is 3. The van der Waals surface area contributed by atoms with Crippen molar-refractivity contribution in [3.8, 4) is 0 Å². The number of fused-ring (bicyclic) bond motifs is 2. The summed E-state index contributed by atoms with van der Waals surface area (Å²) in [6.07, 6.45) is 0. The van der Waals surface area contributed by atoms with Crippen LogP contribution in [0.1, 0.15) is 10.4 Å². The molecule has 1 aliphatic rings. The first-order chi connectivity index (χ1) is 9.24. The Labute approximate surface area is 110 Å². The zero-order valence-electron chi connectivity index (χ0n) is 10.3. The highest BCUT2D eigenvalue weighted by atomic mass is 16.3. The predicted octanol–water partition coefficient (Wildman–Crippen LogP) is 3.10. The summed E-state index contributed by atoms with van der Waals surface area (Å²) in [5.74, 6) is -0.158. The molecule has 0 unspecified atom stereocenters. The molecule has 5 nitrogen and oxygen atoms in total. The Morgan fingerprint density at radius 3 is 2.16 bits per heavy atom. The normalized spacial score (nSPS) is 13.6. The Morgan fingerprint density at radius 2 is 1.47 bits per heavy atom. The van der Waals surface area contributed by atoms with Crippen LogP contribution >= 0.6 is 0 Å². The lowest BCUT2D eigenvalue weighted by Gasteiger charge is -2.18. The number of para-hydroxylation sites is 3. The molecule has 0 aromatic heterocycles. The van der Waals surface area contributed by atoms with Crippen LogP contribution in [0.4, 0.5) is 17.1 Å². The van der Waals surface area contributed by atoms with E-state index in [1.807, 2.05) is 12.1 Å². The van der Waals surface area contributed by atoms with Crippen molar-refractivity contribution in [1.29, 1.82) is 0 Å². The molecule has 1 heterocycles. The van der Waals surface area contributed by atoms with Gasteiger partial charge < -0.3 is 4.90 Å². The van der Waals surface area contributed by atoms with Crippen LogP contribution in [0.25, 0.3) is 0 Å². The lowest BCUT2D eigenvalue weighted by atomic mass is 10.1. The molecule has 2 aromatic rings. The second-order valence-corrected chi connectivity index (χ2v) is 4.26. The molecule has 0 saturated carbocycles. The molecule has 0 bridgehead atoms. The van der Waals surface area contributed by atoms with E-state index in [9.17, 15) is 9.70 Å². The summed E-state index contributed by atoms with van der Waals surface area (Å²) in [6.45, 7) is 0. The van der Waals surface area contributed by atoms with E-state index in [1.54, 1.807) is 43.4 Å². The quantitative estimate of drug-likeness (QED) is 0.734. The standard InChI is InChI=1S/C14H11N3O2/c1-16-12-8-4-5-9-13(12)17(15-19)11-7-3-2-6-10(11)14(16)18/h2-9H,1H3. The van der Waals surface area contributed by atoms with Gasteiger partial charge in [-0.15, -0.1) is 4.91 Å². The van der Waals surface area contributed by atoms with Crippen LogP contribution in [-0.2, 0) is 0 Å². The van der Waals surface area contributed by atoms with E-state index in [2.05, 4.69) is 5.29 Å². The Balaban J connectivity index is 2.35. The summed E-state index contributed by atoms with van der Waals surface area (Å²) in [5.41, 5.74) is 2.21. The summed E-state index contributed by atoms with van der Waals surface area (Å²) in [5, 5.41) is 4.32. The van der Waals surface area contributed by atoms with Gasteiger partial charge in [-0.1, -0.05) is 24.3 Å². The number of nitroso groups, excluding NO2 is 1. The summed E-state index contributed by atoms with van der Waals surface area (Å²) < 4.78 is 0. The van der Waals surface area contributed by atoms with Gasteiger partial charge in [0.05, 0.1) is 27.9 Å². The van der Waals surface area contributed by atoms with E-state index < -0.39 is 0 Å². The van der Waals surface area contributed by atoms with Gasteiger partial charge in [0.15, 0.2) is 0 Å². The van der Waals surface area contributed by atoms with Gasteiger partial charge in [-0.05, 0) is 24.3 Å². The average molecular weight is 253 g/mol. The number of rotatable bonds is 1. The molecule has 0 spiro atoms. The third-order valence-electron chi connectivity index (χ3n) is 3.22. The van der Waals surface area contributed by atoms with Crippen LogP contribution in [0.2, 0.25) is 0 Å². The Morgan fingerprint density at radius 1 is 0.895 bits per heavy atom. The molecule has 3 rings (SSSR count). The first-order valence-corrected chi connectivity index (χ1v) is 5.83. The highest BCUT2D eigenvalue weighted by Gasteiger charge is 2.28. The van der Waals surface area contributed by atoms with E-state index in [0.717, 1.165) is 0 Å². The molecule has 0 saturated heterocycles. The number of amides is 1. The van der Waals surface area contributed by atoms with Gasteiger partial charge in [-0.25, -0.2) is 0 Å². The number of hydrogen-bond donors (Lipinski definition) is 0. The second kappa shape index (κ2) is 4.20. The summed E-state index contributed by atoms with van der Waals surface area (Å²) in [6, 6.07) is 14.1. The predicted molar refractivity (Wildman–Crippen MR) is 73.6 cm³/mol. The van der Waals surface area contributed by atoms with E-state index >= 15 is 0 Å². The second-order valence-electron chi connectivity index (χ2n) is 4.26. The highest BCUT2D eigenvalue weighted by Crippen LogP contribution is 2.39. The van der Waals surface area contributed by atoms with E-state index in [-0.39, 0.29) is 5.91 Å².